The maximum Gasteiger partial charge on any atom is 0.251 e. The topological polar surface area (TPSA) is 38.3 Å². The van der Waals surface area contributed by atoms with E-state index in [9.17, 15) is 4.79 Å². The van der Waals surface area contributed by atoms with Crippen molar-refractivity contribution in [3.63, 3.8) is 0 Å². The van der Waals surface area contributed by atoms with Gasteiger partial charge in [-0.25, -0.2) is 0 Å². The lowest BCUT2D eigenvalue weighted by Crippen LogP contribution is -2.25. The van der Waals surface area contributed by atoms with Crippen LogP contribution in [0.2, 0.25) is 5.02 Å². The highest BCUT2D eigenvalue weighted by atomic mass is 35.5. The zero-order valence-electron chi connectivity index (χ0n) is 13.0. The summed E-state index contributed by atoms with van der Waals surface area (Å²) < 4.78 is 5.36. The van der Waals surface area contributed by atoms with Crippen molar-refractivity contribution in [1.29, 1.82) is 0 Å². The summed E-state index contributed by atoms with van der Waals surface area (Å²) in [5.74, 6) is 2.46. The van der Waals surface area contributed by atoms with Crippen molar-refractivity contribution >= 4 is 29.3 Å². The van der Waals surface area contributed by atoms with Crippen LogP contribution in [-0.2, 0) is 5.75 Å². The first-order chi connectivity index (χ1) is 11.2. The SMILES string of the molecule is CCOc1ccc(C(=O)NCCSCc2cccc(Cl)c2)cc1. The van der Waals surface area contributed by atoms with Crippen LogP contribution in [0, 0.1) is 0 Å². The van der Waals surface area contributed by atoms with E-state index in [0.717, 1.165) is 22.3 Å². The molecule has 23 heavy (non-hydrogen) atoms. The predicted octanol–water partition coefficient (Wildman–Crippen LogP) is 4.40. The number of thioether (sulfide) groups is 1. The number of carbonyl (C=O) groups excluding carboxylic acids is 1. The van der Waals surface area contributed by atoms with Crippen LogP contribution in [0.3, 0.4) is 0 Å². The molecule has 2 aromatic carbocycles. The molecule has 0 aromatic heterocycles. The molecule has 1 N–H and O–H groups in total. The number of amides is 1. The van der Waals surface area contributed by atoms with Crippen molar-refractivity contribution in [2.45, 2.75) is 12.7 Å². The fraction of sp³-hybridized carbons (Fsp3) is 0.278. The van der Waals surface area contributed by atoms with Gasteiger partial charge in [-0.15, -0.1) is 0 Å². The molecular weight excluding hydrogens is 330 g/mol. The summed E-state index contributed by atoms with van der Waals surface area (Å²) in [6.45, 7) is 3.19. The quantitative estimate of drug-likeness (QED) is 0.718. The summed E-state index contributed by atoms with van der Waals surface area (Å²) in [5.41, 5.74) is 1.84. The van der Waals surface area contributed by atoms with Crippen molar-refractivity contribution < 1.29 is 9.53 Å². The summed E-state index contributed by atoms with van der Waals surface area (Å²) in [4.78, 5) is 12.0. The molecule has 0 saturated carbocycles. The maximum atomic E-state index is 12.0. The molecule has 122 valence electrons. The van der Waals surface area contributed by atoms with Crippen molar-refractivity contribution in [1.82, 2.24) is 5.32 Å². The van der Waals surface area contributed by atoms with Crippen molar-refractivity contribution in [3.05, 3.63) is 64.7 Å². The largest absolute Gasteiger partial charge is 0.494 e. The minimum atomic E-state index is -0.0589. The Morgan fingerprint density at radius 1 is 1.22 bits per heavy atom. The van der Waals surface area contributed by atoms with Crippen LogP contribution in [0.15, 0.2) is 48.5 Å². The van der Waals surface area contributed by atoms with E-state index in [1.54, 1.807) is 23.9 Å². The first-order valence-corrected chi connectivity index (χ1v) is 9.05. The van der Waals surface area contributed by atoms with E-state index in [4.69, 9.17) is 16.3 Å². The van der Waals surface area contributed by atoms with Gasteiger partial charge in [0.2, 0.25) is 0 Å². The number of hydrogen-bond acceptors (Lipinski definition) is 3. The van der Waals surface area contributed by atoms with Gasteiger partial charge in [0.15, 0.2) is 0 Å². The van der Waals surface area contributed by atoms with E-state index in [1.807, 2.05) is 37.3 Å². The average molecular weight is 350 g/mol. The number of benzene rings is 2. The zero-order chi connectivity index (χ0) is 16.5. The third-order valence-electron chi connectivity index (χ3n) is 3.12. The lowest BCUT2D eigenvalue weighted by molar-refractivity contribution is 0.0956. The molecule has 0 aliphatic heterocycles. The Hall–Kier alpha value is -1.65. The van der Waals surface area contributed by atoms with Gasteiger partial charge in [0, 0.05) is 28.6 Å². The zero-order valence-corrected chi connectivity index (χ0v) is 14.6. The molecule has 1 amide bonds. The summed E-state index contributed by atoms with van der Waals surface area (Å²) in [7, 11) is 0. The molecule has 2 aromatic rings. The maximum absolute atomic E-state index is 12.0. The minimum absolute atomic E-state index is 0.0589. The Bertz CT molecular complexity index is 631. The fourth-order valence-electron chi connectivity index (χ4n) is 2.02. The van der Waals surface area contributed by atoms with Gasteiger partial charge in [0.25, 0.3) is 5.91 Å². The second kappa shape index (κ2) is 9.48. The standard InChI is InChI=1S/C18H20ClNO2S/c1-2-22-17-8-6-15(7-9-17)18(21)20-10-11-23-13-14-4-3-5-16(19)12-14/h3-9,12H,2,10-11,13H2,1H3,(H,20,21). The lowest BCUT2D eigenvalue weighted by Gasteiger charge is -2.07. The molecule has 0 fully saturated rings. The Morgan fingerprint density at radius 2 is 2.00 bits per heavy atom. The average Bonchev–Trinajstić information content (AvgIpc) is 2.55. The number of halogens is 1. The molecule has 0 spiro atoms. The summed E-state index contributed by atoms with van der Waals surface area (Å²) in [6.07, 6.45) is 0. The monoisotopic (exact) mass is 349 g/mol. The van der Waals surface area contributed by atoms with E-state index in [2.05, 4.69) is 11.4 Å². The normalized spacial score (nSPS) is 10.3. The fourth-order valence-corrected chi connectivity index (χ4v) is 3.04. The van der Waals surface area contributed by atoms with Crippen molar-refractivity contribution in [2.24, 2.45) is 0 Å². The third-order valence-corrected chi connectivity index (χ3v) is 4.38. The summed E-state index contributed by atoms with van der Waals surface area (Å²) in [5, 5.41) is 3.68. The van der Waals surface area contributed by atoms with Crippen molar-refractivity contribution in [2.75, 3.05) is 18.9 Å². The summed E-state index contributed by atoms with van der Waals surface area (Å²) in [6, 6.07) is 15.0. The molecule has 3 nitrogen and oxygen atoms in total. The molecule has 0 heterocycles. The second-order valence-electron chi connectivity index (χ2n) is 4.90. The molecule has 0 atom stereocenters. The van der Waals surface area contributed by atoms with Crippen LogP contribution in [0.25, 0.3) is 0 Å². The Kier molecular flexibility index (Phi) is 7.30. The van der Waals surface area contributed by atoms with Crippen LogP contribution in [0.5, 0.6) is 5.75 Å². The number of nitrogens with one attached hydrogen (secondary N) is 1. The van der Waals surface area contributed by atoms with Crippen LogP contribution in [0.4, 0.5) is 0 Å². The first-order valence-electron chi connectivity index (χ1n) is 7.52. The van der Waals surface area contributed by atoms with Gasteiger partial charge in [-0.3, -0.25) is 4.79 Å². The number of rotatable bonds is 8. The number of carbonyl (C=O) groups is 1. The number of hydrogen-bond donors (Lipinski definition) is 1. The van der Waals surface area contributed by atoms with Crippen molar-refractivity contribution in [3.8, 4) is 5.75 Å². The Balaban J connectivity index is 1.68. The highest BCUT2D eigenvalue weighted by Crippen LogP contribution is 2.16. The van der Waals surface area contributed by atoms with Gasteiger partial charge >= 0.3 is 0 Å². The van der Waals surface area contributed by atoms with Gasteiger partial charge < -0.3 is 10.1 Å². The molecule has 5 heteroatoms. The first kappa shape index (κ1) is 17.7. The lowest BCUT2D eigenvalue weighted by atomic mass is 10.2. The molecule has 2 rings (SSSR count). The van der Waals surface area contributed by atoms with Gasteiger partial charge in [-0.2, -0.15) is 11.8 Å². The van der Waals surface area contributed by atoms with E-state index in [0.29, 0.717) is 18.7 Å². The van der Waals surface area contributed by atoms with E-state index in [1.165, 1.54) is 5.56 Å². The van der Waals surface area contributed by atoms with E-state index >= 15 is 0 Å². The van der Waals surface area contributed by atoms with Gasteiger partial charge in [-0.05, 0) is 48.9 Å². The predicted molar refractivity (Wildman–Crippen MR) is 97.6 cm³/mol. The molecule has 0 bridgehead atoms. The number of ether oxygens (including phenoxy) is 1. The minimum Gasteiger partial charge on any atom is -0.494 e. The molecule has 0 radical (unpaired) electrons. The van der Waals surface area contributed by atoms with Gasteiger partial charge in [-0.1, -0.05) is 23.7 Å². The highest BCUT2D eigenvalue weighted by molar-refractivity contribution is 7.98. The second-order valence-corrected chi connectivity index (χ2v) is 6.44. The third kappa shape index (κ3) is 6.16. The van der Waals surface area contributed by atoms with Crippen LogP contribution in [-0.4, -0.2) is 24.8 Å². The summed E-state index contributed by atoms with van der Waals surface area (Å²) >= 11 is 7.72. The Labute approximate surface area is 146 Å². The molecule has 0 unspecified atom stereocenters. The molecule has 0 saturated heterocycles. The molecule has 0 aliphatic rings. The van der Waals surface area contributed by atoms with Crippen LogP contribution in [0.1, 0.15) is 22.8 Å². The highest BCUT2D eigenvalue weighted by Gasteiger charge is 2.05. The van der Waals surface area contributed by atoms with Crippen LogP contribution >= 0.6 is 23.4 Å². The van der Waals surface area contributed by atoms with Gasteiger partial charge in [0.05, 0.1) is 6.61 Å². The Morgan fingerprint density at radius 3 is 2.70 bits per heavy atom. The molecule has 0 aliphatic carbocycles. The van der Waals surface area contributed by atoms with Gasteiger partial charge in [0.1, 0.15) is 5.75 Å². The van der Waals surface area contributed by atoms with E-state index in [-0.39, 0.29) is 5.91 Å². The van der Waals surface area contributed by atoms with Crippen LogP contribution < -0.4 is 10.1 Å². The van der Waals surface area contributed by atoms with E-state index < -0.39 is 0 Å². The smallest absolute Gasteiger partial charge is 0.251 e. The molecular formula is C18H20ClNO2S.